The van der Waals surface area contributed by atoms with E-state index in [1.54, 1.807) is 0 Å². The molecule has 244 valence electrons. The van der Waals surface area contributed by atoms with E-state index in [0.717, 1.165) is 64.3 Å². The average Bonchev–Trinajstić information content (AvgIpc) is 3.24. The van der Waals surface area contributed by atoms with Crippen molar-refractivity contribution in [2.75, 3.05) is 39.5 Å². The van der Waals surface area contributed by atoms with E-state index in [9.17, 15) is 28.5 Å². The molecule has 10 heteroatoms. The van der Waals surface area contributed by atoms with Crippen molar-refractivity contribution in [3.05, 3.63) is 0 Å². The van der Waals surface area contributed by atoms with Crippen LogP contribution in [0.4, 0.5) is 0 Å². The first-order valence-corrected chi connectivity index (χ1v) is 18.2. The number of amides is 1. The molecule has 4 aliphatic rings. The van der Waals surface area contributed by atoms with Gasteiger partial charge < -0.3 is 25.1 Å². The Morgan fingerprint density at radius 3 is 2.38 bits per heavy atom. The Morgan fingerprint density at radius 2 is 1.69 bits per heavy atom. The minimum Gasteiger partial charge on any atom is -0.393 e. The third-order valence-corrected chi connectivity index (χ3v) is 13.6. The summed E-state index contributed by atoms with van der Waals surface area (Å²) in [4.78, 5) is 12.7. The lowest BCUT2D eigenvalue weighted by atomic mass is 9.43. The van der Waals surface area contributed by atoms with Crippen molar-refractivity contribution in [1.82, 2.24) is 5.32 Å². The molecule has 0 aromatic carbocycles. The number of carbonyl (C=O) groups is 1. The molecule has 0 saturated heterocycles. The smallest absolute Gasteiger partial charge is 0.265 e. The van der Waals surface area contributed by atoms with E-state index in [0.29, 0.717) is 48.2 Å². The van der Waals surface area contributed by atoms with Crippen LogP contribution in [0.25, 0.3) is 0 Å². The number of fused-ring (bicyclic) bond motifs is 5. The number of rotatable bonds is 12. The summed E-state index contributed by atoms with van der Waals surface area (Å²) in [6.45, 7) is 8.87. The molecular formula is C32H59N2O7S+. The third kappa shape index (κ3) is 7.20. The van der Waals surface area contributed by atoms with Gasteiger partial charge in [-0.2, -0.15) is 8.42 Å². The fraction of sp³-hybridized carbons (Fsp3) is 0.969. The first kappa shape index (κ1) is 34.1. The summed E-state index contributed by atoms with van der Waals surface area (Å²) in [5, 5.41) is 36.6. The molecule has 0 heterocycles. The minimum absolute atomic E-state index is 0.0450. The van der Waals surface area contributed by atoms with Gasteiger partial charge in [0.2, 0.25) is 5.91 Å². The molecule has 4 rings (SSSR count). The Labute approximate surface area is 254 Å². The van der Waals surface area contributed by atoms with Crippen LogP contribution >= 0.6 is 0 Å². The number of aliphatic hydroxyl groups is 3. The monoisotopic (exact) mass is 615 g/mol. The molecule has 0 aromatic rings. The van der Waals surface area contributed by atoms with Crippen LogP contribution in [0, 0.1) is 46.3 Å². The summed E-state index contributed by atoms with van der Waals surface area (Å²) in [5.41, 5.74) is -0.185. The SMILES string of the molecule is CC(CCC(=O)NCCC[N+](C)(C)CCCS(=O)(=O)O)C1CCC2C3C(C[C@H](O)C12C)C1(C)CC[C@@H](O)C[C@H]1C[C@H]3O. The molecule has 9 nitrogen and oxygen atoms in total. The second-order valence-corrected chi connectivity index (χ2v) is 17.3. The summed E-state index contributed by atoms with van der Waals surface area (Å²) in [7, 11) is 0.114. The molecule has 0 radical (unpaired) electrons. The maximum absolute atomic E-state index is 12.7. The molecule has 0 aromatic heterocycles. The van der Waals surface area contributed by atoms with Crippen molar-refractivity contribution in [1.29, 1.82) is 0 Å². The van der Waals surface area contributed by atoms with Gasteiger partial charge in [0.1, 0.15) is 0 Å². The molecule has 0 spiro atoms. The molecular weight excluding hydrogens is 556 g/mol. The van der Waals surface area contributed by atoms with Crippen LogP contribution < -0.4 is 5.32 Å². The Morgan fingerprint density at radius 1 is 1.00 bits per heavy atom. The predicted octanol–water partition coefficient (Wildman–Crippen LogP) is 3.22. The zero-order valence-corrected chi connectivity index (χ0v) is 27.5. The van der Waals surface area contributed by atoms with Crippen molar-refractivity contribution in [3.8, 4) is 0 Å². The first-order chi connectivity index (χ1) is 19.5. The average molecular weight is 616 g/mol. The molecule has 5 N–H and O–H groups in total. The van der Waals surface area contributed by atoms with Crippen LogP contribution in [-0.4, -0.2) is 96.5 Å². The standard InChI is InChI=1S/C32H58N2O7S/c1-21(8-11-29(38)33-14-6-15-34(4,5)16-7-17-42(39,40)41)24-9-10-25-30-26(20-28(37)32(24,25)3)31(2)13-12-23(35)18-22(31)19-27(30)36/h21-28,30,35-37H,6-20H2,1-5H3,(H-,33,38,39,40,41)/p+1/t21?,22-,23+,24?,25?,26?,27+,28-,30?,31?,32?/m0/s1. The van der Waals surface area contributed by atoms with Gasteiger partial charge in [0, 0.05) is 25.8 Å². The molecule has 1 amide bonds. The second kappa shape index (κ2) is 12.9. The predicted molar refractivity (Wildman–Crippen MR) is 163 cm³/mol. The van der Waals surface area contributed by atoms with E-state index in [1.165, 1.54) is 0 Å². The van der Waals surface area contributed by atoms with Crippen molar-refractivity contribution in [2.45, 2.75) is 110 Å². The summed E-state index contributed by atoms with van der Waals surface area (Å²) in [6.07, 6.45) is 7.47. The second-order valence-electron chi connectivity index (χ2n) is 15.8. The normalized spacial score (nSPS) is 41.0. The van der Waals surface area contributed by atoms with Crippen molar-refractivity contribution >= 4 is 16.0 Å². The molecule has 0 aliphatic heterocycles. The zero-order chi connectivity index (χ0) is 31.1. The van der Waals surface area contributed by atoms with Gasteiger partial charge in [0.25, 0.3) is 10.1 Å². The van der Waals surface area contributed by atoms with Gasteiger partial charge in [-0.15, -0.1) is 0 Å². The highest BCUT2D eigenvalue weighted by Crippen LogP contribution is 2.68. The topological polar surface area (TPSA) is 144 Å². The number of quaternary nitrogens is 1. The quantitative estimate of drug-likeness (QED) is 0.129. The highest BCUT2D eigenvalue weighted by atomic mass is 32.2. The molecule has 11 atom stereocenters. The summed E-state index contributed by atoms with van der Waals surface area (Å²) in [5.74, 6) is 1.52. The van der Waals surface area contributed by atoms with Crippen LogP contribution in [0.3, 0.4) is 0 Å². The summed E-state index contributed by atoms with van der Waals surface area (Å²) < 4.78 is 31.5. The lowest BCUT2D eigenvalue weighted by Gasteiger charge is -2.63. The fourth-order valence-corrected chi connectivity index (χ4v) is 10.8. The van der Waals surface area contributed by atoms with Gasteiger partial charge in [0.15, 0.2) is 0 Å². The minimum atomic E-state index is -3.93. The van der Waals surface area contributed by atoms with Gasteiger partial charge in [0.05, 0.1) is 51.2 Å². The van der Waals surface area contributed by atoms with Crippen molar-refractivity contribution < 1.29 is 37.6 Å². The highest BCUT2D eigenvalue weighted by molar-refractivity contribution is 7.85. The van der Waals surface area contributed by atoms with Crippen LogP contribution in [-0.2, 0) is 14.9 Å². The van der Waals surface area contributed by atoms with E-state index >= 15 is 0 Å². The summed E-state index contributed by atoms with van der Waals surface area (Å²) >= 11 is 0. The molecule has 42 heavy (non-hydrogen) atoms. The third-order valence-electron chi connectivity index (χ3n) is 12.8. The van der Waals surface area contributed by atoms with E-state index in [-0.39, 0.29) is 52.5 Å². The Kier molecular flexibility index (Phi) is 10.5. The number of hydrogen-bond acceptors (Lipinski definition) is 6. The van der Waals surface area contributed by atoms with Crippen LogP contribution in [0.2, 0.25) is 0 Å². The van der Waals surface area contributed by atoms with Gasteiger partial charge >= 0.3 is 0 Å². The molecule has 7 unspecified atom stereocenters. The van der Waals surface area contributed by atoms with Crippen LogP contribution in [0.5, 0.6) is 0 Å². The van der Waals surface area contributed by atoms with Crippen LogP contribution in [0.1, 0.15) is 91.4 Å². The van der Waals surface area contributed by atoms with Crippen molar-refractivity contribution in [2.24, 2.45) is 46.3 Å². The Bertz CT molecular complexity index is 1050. The number of nitrogens with one attached hydrogen (secondary N) is 1. The van der Waals surface area contributed by atoms with Crippen molar-refractivity contribution in [3.63, 3.8) is 0 Å². The van der Waals surface area contributed by atoms with E-state index in [4.69, 9.17) is 4.55 Å². The highest BCUT2D eigenvalue weighted by Gasteiger charge is 2.65. The number of aliphatic hydroxyl groups excluding tert-OH is 3. The lowest BCUT2D eigenvalue weighted by Crippen LogP contribution is -2.62. The van der Waals surface area contributed by atoms with E-state index in [1.807, 2.05) is 14.1 Å². The fourth-order valence-electron chi connectivity index (χ4n) is 10.3. The molecule has 4 fully saturated rings. The summed E-state index contributed by atoms with van der Waals surface area (Å²) in [6, 6.07) is 0. The lowest BCUT2D eigenvalue weighted by molar-refractivity contribution is -0.890. The van der Waals surface area contributed by atoms with E-state index in [2.05, 4.69) is 26.1 Å². The van der Waals surface area contributed by atoms with Gasteiger partial charge in [-0.1, -0.05) is 20.8 Å². The number of carbonyl (C=O) groups excluding carboxylic acids is 1. The maximum atomic E-state index is 12.7. The van der Waals surface area contributed by atoms with Gasteiger partial charge in [-0.05, 0) is 97.7 Å². The molecule has 4 saturated carbocycles. The van der Waals surface area contributed by atoms with Gasteiger partial charge in [-0.3, -0.25) is 9.35 Å². The van der Waals surface area contributed by atoms with Gasteiger partial charge in [-0.25, -0.2) is 0 Å². The largest absolute Gasteiger partial charge is 0.393 e. The number of hydrogen-bond donors (Lipinski definition) is 5. The first-order valence-electron chi connectivity index (χ1n) is 16.6. The number of nitrogens with zero attached hydrogens (tertiary/aromatic N) is 1. The Hall–Kier alpha value is -0.780. The Balaban J connectivity index is 1.27. The molecule has 4 aliphatic carbocycles. The van der Waals surface area contributed by atoms with E-state index < -0.39 is 16.2 Å². The maximum Gasteiger partial charge on any atom is 0.265 e. The zero-order valence-electron chi connectivity index (χ0n) is 26.7. The molecule has 0 bridgehead atoms. The van der Waals surface area contributed by atoms with Crippen LogP contribution in [0.15, 0.2) is 0 Å².